The quantitative estimate of drug-likeness (QED) is 0.643. The molecule has 3 N–H and O–H groups in total. The van der Waals surface area contributed by atoms with Gasteiger partial charge in [-0.15, -0.1) is 0 Å². The monoisotopic (exact) mass is 434 g/mol. The summed E-state index contributed by atoms with van der Waals surface area (Å²) >= 11 is 3.50. The Hall–Kier alpha value is -2.42. The highest BCUT2D eigenvalue weighted by atomic mass is 79.9. The predicted molar refractivity (Wildman–Crippen MR) is 104 cm³/mol. The number of nitrogens with one attached hydrogen (secondary N) is 1. The van der Waals surface area contributed by atoms with Gasteiger partial charge in [0.2, 0.25) is 10.0 Å². The maximum absolute atomic E-state index is 12.0. The fourth-order valence-electron chi connectivity index (χ4n) is 2.39. The van der Waals surface area contributed by atoms with E-state index in [2.05, 4.69) is 21.2 Å². The van der Waals surface area contributed by atoms with E-state index in [4.69, 9.17) is 9.88 Å². The average Bonchev–Trinajstić information content (AvgIpc) is 2.61. The number of rotatable bonds is 5. The van der Waals surface area contributed by atoms with Crippen LogP contribution >= 0.6 is 15.9 Å². The molecule has 6 nitrogen and oxygen atoms in total. The summed E-state index contributed by atoms with van der Waals surface area (Å²) in [6, 6.07) is 17.1. The van der Waals surface area contributed by atoms with Crippen LogP contribution in [0.3, 0.4) is 0 Å². The van der Waals surface area contributed by atoms with Crippen molar-refractivity contribution < 1.29 is 17.9 Å². The van der Waals surface area contributed by atoms with Gasteiger partial charge in [0.05, 0.1) is 9.37 Å². The second kappa shape index (κ2) is 7.45. The standard InChI is InChI=1S/C18H15BrN2O4S/c19-18-15-4-2-1-3-12(15)5-10-16(18)25-11-17(22)21-13-6-8-14(9-7-13)26(20,23)24/h1-10H,11H2,(H,21,22)(H2,20,23,24). The molecule has 0 radical (unpaired) electrons. The molecule has 3 aromatic carbocycles. The number of anilines is 1. The SMILES string of the molecule is NS(=O)(=O)c1ccc(NC(=O)COc2ccc3ccccc3c2Br)cc1. The van der Waals surface area contributed by atoms with Crippen LogP contribution in [0.2, 0.25) is 0 Å². The van der Waals surface area contributed by atoms with Crippen LogP contribution < -0.4 is 15.2 Å². The third-order valence-electron chi connectivity index (χ3n) is 3.65. The lowest BCUT2D eigenvalue weighted by Crippen LogP contribution is -2.20. The number of carbonyl (C=O) groups excluding carboxylic acids is 1. The molecular weight excluding hydrogens is 420 g/mol. The van der Waals surface area contributed by atoms with E-state index in [0.29, 0.717) is 11.4 Å². The first-order chi connectivity index (χ1) is 12.3. The fourth-order valence-corrected chi connectivity index (χ4v) is 3.52. The van der Waals surface area contributed by atoms with Gasteiger partial charge >= 0.3 is 0 Å². The van der Waals surface area contributed by atoms with Gasteiger partial charge in [-0.2, -0.15) is 0 Å². The smallest absolute Gasteiger partial charge is 0.262 e. The molecule has 134 valence electrons. The van der Waals surface area contributed by atoms with E-state index in [-0.39, 0.29) is 17.4 Å². The number of ether oxygens (including phenoxy) is 1. The van der Waals surface area contributed by atoms with Gasteiger partial charge in [0.15, 0.2) is 6.61 Å². The lowest BCUT2D eigenvalue weighted by molar-refractivity contribution is -0.118. The molecule has 0 aromatic heterocycles. The van der Waals surface area contributed by atoms with Crippen molar-refractivity contribution in [2.75, 3.05) is 11.9 Å². The Kier molecular flexibility index (Phi) is 5.26. The number of hydrogen-bond donors (Lipinski definition) is 2. The van der Waals surface area contributed by atoms with Gasteiger partial charge in [-0.3, -0.25) is 4.79 Å². The third-order valence-corrected chi connectivity index (χ3v) is 5.40. The number of primary sulfonamides is 1. The predicted octanol–water partition coefficient (Wildman–Crippen LogP) is 3.27. The topological polar surface area (TPSA) is 98.5 Å². The van der Waals surface area contributed by atoms with Crippen molar-refractivity contribution >= 4 is 48.3 Å². The molecule has 26 heavy (non-hydrogen) atoms. The Morgan fingerprint density at radius 3 is 2.42 bits per heavy atom. The fraction of sp³-hybridized carbons (Fsp3) is 0.0556. The Morgan fingerprint density at radius 2 is 1.73 bits per heavy atom. The van der Waals surface area contributed by atoms with Crippen LogP contribution in [0, 0.1) is 0 Å². The molecule has 3 rings (SSSR count). The Morgan fingerprint density at radius 1 is 1.04 bits per heavy atom. The number of halogens is 1. The number of fused-ring (bicyclic) bond motifs is 1. The molecular formula is C18H15BrN2O4S. The summed E-state index contributed by atoms with van der Waals surface area (Å²) in [6.45, 7) is -0.187. The highest BCUT2D eigenvalue weighted by Crippen LogP contribution is 2.33. The molecule has 0 spiro atoms. The number of nitrogens with two attached hydrogens (primary N) is 1. The highest BCUT2D eigenvalue weighted by Gasteiger charge is 2.10. The number of carbonyl (C=O) groups is 1. The maximum Gasteiger partial charge on any atom is 0.262 e. The third kappa shape index (κ3) is 4.21. The van der Waals surface area contributed by atoms with Crippen molar-refractivity contribution in [2.45, 2.75) is 4.90 Å². The van der Waals surface area contributed by atoms with Crippen molar-refractivity contribution in [3.63, 3.8) is 0 Å². The molecule has 0 aliphatic rings. The summed E-state index contributed by atoms with van der Waals surface area (Å²) in [7, 11) is -3.76. The van der Waals surface area contributed by atoms with Gasteiger partial charge in [0, 0.05) is 5.69 Å². The molecule has 1 amide bonds. The van der Waals surface area contributed by atoms with Gasteiger partial charge in [0.25, 0.3) is 5.91 Å². The zero-order valence-corrected chi connectivity index (χ0v) is 15.9. The van der Waals surface area contributed by atoms with Gasteiger partial charge in [-0.25, -0.2) is 13.6 Å². The van der Waals surface area contributed by atoms with Crippen LogP contribution in [-0.4, -0.2) is 20.9 Å². The molecule has 0 fully saturated rings. The molecule has 3 aromatic rings. The van der Waals surface area contributed by atoms with E-state index < -0.39 is 10.0 Å². The minimum atomic E-state index is -3.76. The van der Waals surface area contributed by atoms with Crippen molar-refractivity contribution in [1.29, 1.82) is 0 Å². The second-order valence-electron chi connectivity index (χ2n) is 5.51. The molecule has 0 saturated heterocycles. The van der Waals surface area contributed by atoms with E-state index in [0.717, 1.165) is 15.2 Å². The van der Waals surface area contributed by atoms with E-state index in [1.54, 1.807) is 6.07 Å². The van der Waals surface area contributed by atoms with Crippen molar-refractivity contribution in [1.82, 2.24) is 0 Å². The van der Waals surface area contributed by atoms with E-state index in [1.165, 1.54) is 24.3 Å². The summed E-state index contributed by atoms with van der Waals surface area (Å²) in [5.74, 6) is 0.192. The zero-order valence-electron chi connectivity index (χ0n) is 13.5. The van der Waals surface area contributed by atoms with Crippen molar-refractivity contribution in [2.24, 2.45) is 5.14 Å². The molecule has 0 saturated carbocycles. The summed E-state index contributed by atoms with van der Waals surface area (Å²) in [5.41, 5.74) is 0.448. The molecule has 0 aliphatic carbocycles. The van der Waals surface area contributed by atoms with Crippen molar-refractivity contribution in [3.05, 3.63) is 65.1 Å². The average molecular weight is 435 g/mol. The summed E-state index contributed by atoms with van der Waals surface area (Å²) < 4.78 is 28.8. The van der Waals surface area contributed by atoms with Gasteiger partial charge in [0.1, 0.15) is 5.75 Å². The lowest BCUT2D eigenvalue weighted by atomic mass is 10.1. The first-order valence-corrected chi connectivity index (χ1v) is 9.91. The van der Waals surface area contributed by atoms with E-state index in [9.17, 15) is 13.2 Å². The Bertz CT molecular complexity index is 1070. The molecule has 0 heterocycles. The summed E-state index contributed by atoms with van der Waals surface area (Å²) in [4.78, 5) is 12.0. The first-order valence-electron chi connectivity index (χ1n) is 7.57. The van der Waals surface area contributed by atoms with E-state index in [1.807, 2.05) is 30.3 Å². The van der Waals surface area contributed by atoms with Crippen LogP contribution in [0.5, 0.6) is 5.75 Å². The Balaban J connectivity index is 1.65. The zero-order chi connectivity index (χ0) is 18.7. The molecule has 0 aliphatic heterocycles. The van der Waals surface area contributed by atoms with Crippen LogP contribution in [0.4, 0.5) is 5.69 Å². The minimum Gasteiger partial charge on any atom is -0.483 e. The van der Waals surface area contributed by atoms with Crippen LogP contribution in [0.15, 0.2) is 70.0 Å². The molecule has 0 bridgehead atoms. The van der Waals surface area contributed by atoms with Gasteiger partial charge in [-0.1, -0.05) is 30.3 Å². The summed E-state index contributed by atoms with van der Waals surface area (Å²) in [6.07, 6.45) is 0. The minimum absolute atomic E-state index is 0.0214. The lowest BCUT2D eigenvalue weighted by Gasteiger charge is -2.11. The van der Waals surface area contributed by atoms with Gasteiger partial charge < -0.3 is 10.1 Å². The number of benzene rings is 3. The van der Waals surface area contributed by atoms with Crippen LogP contribution in [0.1, 0.15) is 0 Å². The number of hydrogen-bond acceptors (Lipinski definition) is 4. The Labute approximate surface area is 159 Å². The second-order valence-corrected chi connectivity index (χ2v) is 7.86. The van der Waals surface area contributed by atoms with E-state index >= 15 is 0 Å². The largest absolute Gasteiger partial charge is 0.483 e. The molecule has 0 unspecified atom stereocenters. The van der Waals surface area contributed by atoms with Crippen LogP contribution in [-0.2, 0) is 14.8 Å². The van der Waals surface area contributed by atoms with Crippen molar-refractivity contribution in [3.8, 4) is 5.75 Å². The molecule has 8 heteroatoms. The van der Waals surface area contributed by atoms with Gasteiger partial charge in [-0.05, 0) is 57.0 Å². The highest BCUT2D eigenvalue weighted by molar-refractivity contribution is 9.10. The number of amides is 1. The summed E-state index contributed by atoms with van der Waals surface area (Å²) in [5, 5.41) is 9.72. The molecule has 0 atom stereocenters. The number of sulfonamides is 1. The first kappa shape index (κ1) is 18.4. The maximum atomic E-state index is 12.0. The normalized spacial score (nSPS) is 11.3. The van der Waals surface area contributed by atoms with Crippen LogP contribution in [0.25, 0.3) is 10.8 Å².